The Bertz CT molecular complexity index is 448. The molecule has 3 N–H and O–H groups in total. The van der Waals surface area contributed by atoms with Crippen molar-refractivity contribution in [1.82, 2.24) is 5.43 Å². The van der Waals surface area contributed by atoms with Crippen LogP contribution in [0.3, 0.4) is 0 Å². The average molecular weight is 274 g/mol. The number of ether oxygens (including phenoxy) is 1. The van der Waals surface area contributed by atoms with E-state index in [1.54, 1.807) is 0 Å². The highest BCUT2D eigenvalue weighted by Gasteiger charge is 2.40. The Morgan fingerprint density at radius 1 is 1.30 bits per heavy atom. The van der Waals surface area contributed by atoms with Crippen LogP contribution in [-0.4, -0.2) is 6.61 Å². The number of hydrogen-bond donors (Lipinski definition) is 2. The first-order chi connectivity index (χ1) is 9.81. The van der Waals surface area contributed by atoms with Crippen LogP contribution in [0, 0.1) is 17.8 Å². The molecule has 0 aromatic heterocycles. The molecule has 0 radical (unpaired) electrons. The van der Waals surface area contributed by atoms with Gasteiger partial charge in [0.2, 0.25) is 0 Å². The first-order valence-electron chi connectivity index (χ1n) is 7.99. The fourth-order valence-corrected chi connectivity index (χ4v) is 4.31. The summed E-state index contributed by atoms with van der Waals surface area (Å²) in [7, 11) is 0. The van der Waals surface area contributed by atoms with Gasteiger partial charge in [-0.1, -0.05) is 24.6 Å². The molecule has 1 aromatic rings. The zero-order valence-corrected chi connectivity index (χ0v) is 12.3. The number of hydrazine groups is 1. The fraction of sp³-hybridized carbons (Fsp3) is 0.647. The summed E-state index contributed by atoms with van der Waals surface area (Å²) >= 11 is 0. The van der Waals surface area contributed by atoms with Gasteiger partial charge in [0.15, 0.2) is 0 Å². The Balaban J connectivity index is 1.73. The monoisotopic (exact) mass is 274 g/mol. The topological polar surface area (TPSA) is 47.3 Å². The smallest absolute Gasteiger partial charge is 0.124 e. The zero-order chi connectivity index (χ0) is 13.9. The van der Waals surface area contributed by atoms with E-state index in [9.17, 15) is 0 Å². The van der Waals surface area contributed by atoms with Gasteiger partial charge in [-0.3, -0.25) is 11.3 Å². The molecule has 4 atom stereocenters. The van der Waals surface area contributed by atoms with Gasteiger partial charge in [-0.15, -0.1) is 0 Å². The van der Waals surface area contributed by atoms with Crippen molar-refractivity contribution < 1.29 is 4.74 Å². The molecule has 2 aliphatic carbocycles. The van der Waals surface area contributed by atoms with Crippen LogP contribution < -0.4 is 16.0 Å². The van der Waals surface area contributed by atoms with E-state index in [2.05, 4.69) is 17.6 Å². The fourth-order valence-electron chi connectivity index (χ4n) is 4.31. The van der Waals surface area contributed by atoms with Gasteiger partial charge in [-0.05, 0) is 56.4 Å². The second-order valence-corrected chi connectivity index (χ2v) is 6.36. The Hall–Kier alpha value is -1.06. The number of benzene rings is 1. The lowest BCUT2D eigenvalue weighted by molar-refractivity contribution is 0.273. The van der Waals surface area contributed by atoms with Crippen LogP contribution in [0.15, 0.2) is 24.3 Å². The van der Waals surface area contributed by atoms with Crippen LogP contribution in [0.1, 0.15) is 50.6 Å². The first-order valence-corrected chi connectivity index (χ1v) is 7.99. The maximum atomic E-state index is 5.84. The maximum Gasteiger partial charge on any atom is 0.124 e. The third-order valence-corrected chi connectivity index (χ3v) is 5.22. The molecule has 20 heavy (non-hydrogen) atoms. The van der Waals surface area contributed by atoms with Crippen molar-refractivity contribution in [2.75, 3.05) is 6.61 Å². The van der Waals surface area contributed by atoms with E-state index in [1.807, 2.05) is 19.1 Å². The van der Waals surface area contributed by atoms with E-state index in [1.165, 1.54) is 31.2 Å². The minimum atomic E-state index is 0.210. The molecule has 2 aliphatic rings. The van der Waals surface area contributed by atoms with Gasteiger partial charge in [-0.2, -0.15) is 0 Å². The second-order valence-electron chi connectivity index (χ2n) is 6.36. The Morgan fingerprint density at radius 3 is 2.80 bits per heavy atom. The normalized spacial score (nSPS) is 29.6. The molecule has 0 heterocycles. The molecule has 2 saturated carbocycles. The summed E-state index contributed by atoms with van der Waals surface area (Å²) in [5, 5.41) is 0. The first kappa shape index (κ1) is 13.9. The lowest BCUT2D eigenvalue weighted by atomic mass is 9.83. The number of para-hydroxylation sites is 1. The Kier molecular flexibility index (Phi) is 4.27. The van der Waals surface area contributed by atoms with Crippen LogP contribution in [0.25, 0.3) is 0 Å². The van der Waals surface area contributed by atoms with Gasteiger partial charge in [0, 0.05) is 11.6 Å². The second kappa shape index (κ2) is 6.15. The van der Waals surface area contributed by atoms with Crippen molar-refractivity contribution in [2.24, 2.45) is 23.6 Å². The summed E-state index contributed by atoms with van der Waals surface area (Å²) in [6.45, 7) is 2.72. The van der Waals surface area contributed by atoms with Gasteiger partial charge < -0.3 is 4.74 Å². The standard InChI is InChI=1S/C17H26N2O/c1-2-20-17-6-4-3-5-15(17)16(19-18)11-14-10-12-7-8-13(14)9-12/h3-6,12-14,16,19H,2,7-11,18H2,1H3. The van der Waals surface area contributed by atoms with Crippen LogP contribution >= 0.6 is 0 Å². The van der Waals surface area contributed by atoms with Gasteiger partial charge in [-0.25, -0.2) is 0 Å². The number of hydrogen-bond acceptors (Lipinski definition) is 3. The Labute approximate surface area is 121 Å². The van der Waals surface area contributed by atoms with Crippen molar-refractivity contribution in [3.63, 3.8) is 0 Å². The predicted molar refractivity (Wildman–Crippen MR) is 81.2 cm³/mol. The molecule has 0 spiro atoms. The average Bonchev–Trinajstić information content (AvgIpc) is 3.08. The maximum absolute atomic E-state index is 5.84. The van der Waals surface area contributed by atoms with Crippen LogP contribution in [-0.2, 0) is 0 Å². The number of fused-ring (bicyclic) bond motifs is 2. The van der Waals surface area contributed by atoms with Gasteiger partial charge in [0.25, 0.3) is 0 Å². The van der Waals surface area contributed by atoms with E-state index < -0.39 is 0 Å². The number of nitrogens with one attached hydrogen (secondary N) is 1. The van der Waals surface area contributed by atoms with Gasteiger partial charge in [0.1, 0.15) is 5.75 Å². The summed E-state index contributed by atoms with van der Waals surface area (Å²) in [6, 6.07) is 8.50. The summed E-state index contributed by atoms with van der Waals surface area (Å²) in [4.78, 5) is 0. The molecule has 0 aliphatic heterocycles. The minimum absolute atomic E-state index is 0.210. The Morgan fingerprint density at radius 2 is 2.15 bits per heavy atom. The van der Waals surface area contributed by atoms with Crippen molar-refractivity contribution in [3.05, 3.63) is 29.8 Å². The zero-order valence-electron chi connectivity index (χ0n) is 12.3. The lowest BCUT2D eigenvalue weighted by Gasteiger charge is -2.27. The number of nitrogens with two attached hydrogens (primary N) is 1. The SMILES string of the molecule is CCOc1ccccc1C(CC1CC2CCC1C2)NN. The molecule has 110 valence electrons. The summed E-state index contributed by atoms with van der Waals surface area (Å²) in [5.41, 5.74) is 4.23. The summed E-state index contributed by atoms with van der Waals surface area (Å²) in [5.74, 6) is 9.58. The van der Waals surface area contributed by atoms with Crippen molar-refractivity contribution in [2.45, 2.75) is 45.1 Å². The third kappa shape index (κ3) is 2.70. The predicted octanol–water partition coefficient (Wildman–Crippen LogP) is 3.42. The molecule has 1 aromatic carbocycles. The molecule has 4 unspecified atom stereocenters. The highest BCUT2D eigenvalue weighted by atomic mass is 16.5. The van der Waals surface area contributed by atoms with Crippen LogP contribution in [0.4, 0.5) is 0 Å². The number of rotatable bonds is 6. The minimum Gasteiger partial charge on any atom is -0.494 e. The highest BCUT2D eigenvalue weighted by Crippen LogP contribution is 2.51. The molecule has 3 nitrogen and oxygen atoms in total. The molecular formula is C17H26N2O. The molecule has 0 saturated heterocycles. The third-order valence-electron chi connectivity index (χ3n) is 5.22. The van der Waals surface area contributed by atoms with Gasteiger partial charge in [0.05, 0.1) is 6.61 Å². The molecule has 3 heteroatoms. The van der Waals surface area contributed by atoms with E-state index in [4.69, 9.17) is 10.6 Å². The van der Waals surface area contributed by atoms with E-state index in [0.717, 1.165) is 29.9 Å². The quantitative estimate of drug-likeness (QED) is 0.617. The summed E-state index contributed by atoms with van der Waals surface area (Å²) in [6.07, 6.45) is 6.88. The van der Waals surface area contributed by atoms with Crippen LogP contribution in [0.2, 0.25) is 0 Å². The van der Waals surface area contributed by atoms with Crippen molar-refractivity contribution in [1.29, 1.82) is 0 Å². The van der Waals surface area contributed by atoms with Crippen molar-refractivity contribution in [3.8, 4) is 5.75 Å². The van der Waals surface area contributed by atoms with Crippen LogP contribution in [0.5, 0.6) is 5.75 Å². The van der Waals surface area contributed by atoms with E-state index in [-0.39, 0.29) is 6.04 Å². The molecule has 3 rings (SSSR count). The molecule has 2 fully saturated rings. The van der Waals surface area contributed by atoms with Gasteiger partial charge >= 0.3 is 0 Å². The van der Waals surface area contributed by atoms with Crippen molar-refractivity contribution >= 4 is 0 Å². The highest BCUT2D eigenvalue weighted by molar-refractivity contribution is 5.36. The summed E-state index contributed by atoms with van der Waals surface area (Å²) < 4.78 is 5.75. The van der Waals surface area contributed by atoms with E-state index in [0.29, 0.717) is 6.61 Å². The molecule has 0 amide bonds. The van der Waals surface area contributed by atoms with E-state index >= 15 is 0 Å². The largest absolute Gasteiger partial charge is 0.494 e. The molecular weight excluding hydrogens is 248 g/mol. The lowest BCUT2D eigenvalue weighted by Crippen LogP contribution is -2.31. The molecule has 2 bridgehead atoms.